The van der Waals surface area contributed by atoms with E-state index >= 15 is 0 Å². The molecule has 0 bridgehead atoms. The molecule has 1 unspecified atom stereocenters. The Morgan fingerprint density at radius 2 is 2.28 bits per heavy atom. The summed E-state index contributed by atoms with van der Waals surface area (Å²) < 4.78 is 5.87. The molecular formula is C14H21N3O. The van der Waals surface area contributed by atoms with Gasteiger partial charge in [0.25, 0.3) is 0 Å². The maximum atomic E-state index is 5.87. The molecule has 18 heavy (non-hydrogen) atoms. The van der Waals surface area contributed by atoms with Crippen molar-refractivity contribution in [3.8, 4) is 5.88 Å². The number of nitrogens with one attached hydrogen (secondary N) is 1. The van der Waals surface area contributed by atoms with E-state index in [4.69, 9.17) is 4.74 Å². The van der Waals surface area contributed by atoms with Crippen LogP contribution < -0.4 is 10.1 Å². The molecule has 1 atom stereocenters. The molecule has 1 N–H and O–H groups in total. The first kappa shape index (κ1) is 11.9. The molecule has 3 rings (SSSR count). The molecule has 0 aromatic carbocycles. The van der Waals surface area contributed by atoms with Crippen molar-refractivity contribution in [1.29, 1.82) is 0 Å². The normalized spacial score (nSPS) is 24.4. The van der Waals surface area contributed by atoms with Crippen LogP contribution in [0.1, 0.15) is 24.8 Å². The summed E-state index contributed by atoms with van der Waals surface area (Å²) in [6, 6.07) is 4.84. The summed E-state index contributed by atoms with van der Waals surface area (Å²) in [5, 5.41) is 3.48. The van der Waals surface area contributed by atoms with Crippen molar-refractivity contribution in [3.63, 3.8) is 0 Å². The van der Waals surface area contributed by atoms with Crippen LogP contribution in [-0.4, -0.2) is 42.2 Å². The molecule has 2 aliphatic rings. The topological polar surface area (TPSA) is 37.4 Å². The van der Waals surface area contributed by atoms with E-state index in [1.54, 1.807) is 0 Å². The van der Waals surface area contributed by atoms with Crippen molar-refractivity contribution >= 4 is 0 Å². The van der Waals surface area contributed by atoms with Gasteiger partial charge in [0.1, 0.15) is 6.10 Å². The van der Waals surface area contributed by atoms with Crippen LogP contribution in [0.25, 0.3) is 0 Å². The largest absolute Gasteiger partial charge is 0.473 e. The third-order valence-corrected chi connectivity index (χ3v) is 3.61. The average Bonchev–Trinajstić information content (AvgIpc) is 3.12. The lowest BCUT2D eigenvalue weighted by atomic mass is 10.3. The summed E-state index contributed by atoms with van der Waals surface area (Å²) in [6.45, 7) is 3.05. The standard InChI is InChI=1S/C14H21N3O/c1-17-7-6-13(10-17)18-14-5-2-11(9-16-14)8-15-12-3-4-12/h2,5,9,12-13,15H,3-4,6-8,10H2,1H3. The number of aromatic nitrogens is 1. The lowest BCUT2D eigenvalue weighted by Gasteiger charge is -2.13. The van der Waals surface area contributed by atoms with E-state index in [-0.39, 0.29) is 0 Å². The first-order valence-corrected chi connectivity index (χ1v) is 6.83. The van der Waals surface area contributed by atoms with E-state index in [1.807, 2.05) is 12.3 Å². The average molecular weight is 247 g/mol. The van der Waals surface area contributed by atoms with Gasteiger partial charge >= 0.3 is 0 Å². The van der Waals surface area contributed by atoms with Crippen LogP contribution in [0.2, 0.25) is 0 Å². The first-order chi connectivity index (χ1) is 8.79. The van der Waals surface area contributed by atoms with Crippen LogP contribution in [0, 0.1) is 0 Å². The predicted octanol–water partition coefficient (Wildman–Crippen LogP) is 1.42. The molecule has 0 radical (unpaired) electrons. The zero-order chi connectivity index (χ0) is 12.4. The van der Waals surface area contributed by atoms with Gasteiger partial charge in [-0.3, -0.25) is 0 Å². The molecule has 0 amide bonds. The van der Waals surface area contributed by atoms with E-state index in [0.29, 0.717) is 6.10 Å². The lowest BCUT2D eigenvalue weighted by Crippen LogP contribution is -2.21. The lowest BCUT2D eigenvalue weighted by molar-refractivity contribution is 0.200. The third kappa shape index (κ3) is 3.21. The zero-order valence-corrected chi connectivity index (χ0v) is 10.9. The summed E-state index contributed by atoms with van der Waals surface area (Å²) in [5.41, 5.74) is 1.23. The molecule has 2 heterocycles. The van der Waals surface area contributed by atoms with Gasteiger partial charge in [0.05, 0.1) is 0 Å². The second-order valence-corrected chi connectivity index (χ2v) is 5.45. The van der Waals surface area contributed by atoms with Gasteiger partial charge in [-0.25, -0.2) is 4.98 Å². The summed E-state index contributed by atoms with van der Waals surface area (Å²) in [6.07, 6.45) is 5.97. The van der Waals surface area contributed by atoms with Gasteiger partial charge in [0, 0.05) is 37.9 Å². The highest BCUT2D eigenvalue weighted by molar-refractivity contribution is 5.18. The van der Waals surface area contributed by atoms with Crippen molar-refractivity contribution in [1.82, 2.24) is 15.2 Å². The summed E-state index contributed by atoms with van der Waals surface area (Å²) >= 11 is 0. The highest BCUT2D eigenvalue weighted by atomic mass is 16.5. The minimum absolute atomic E-state index is 0.304. The van der Waals surface area contributed by atoms with E-state index in [2.05, 4.69) is 28.3 Å². The van der Waals surface area contributed by atoms with E-state index in [0.717, 1.165) is 38.0 Å². The number of likely N-dealkylation sites (N-methyl/N-ethyl adjacent to an activating group) is 1. The van der Waals surface area contributed by atoms with Crippen molar-refractivity contribution in [2.24, 2.45) is 0 Å². The van der Waals surface area contributed by atoms with Crippen LogP contribution in [0.5, 0.6) is 5.88 Å². The van der Waals surface area contributed by atoms with E-state index in [9.17, 15) is 0 Å². The Bertz CT molecular complexity index is 389. The fourth-order valence-electron chi connectivity index (χ4n) is 2.30. The zero-order valence-electron chi connectivity index (χ0n) is 10.9. The van der Waals surface area contributed by atoms with Crippen LogP contribution >= 0.6 is 0 Å². The van der Waals surface area contributed by atoms with Gasteiger partial charge in [-0.05, 0) is 31.9 Å². The monoisotopic (exact) mass is 247 g/mol. The number of hydrogen-bond acceptors (Lipinski definition) is 4. The summed E-state index contributed by atoms with van der Waals surface area (Å²) in [4.78, 5) is 6.68. The molecule has 1 aromatic heterocycles. The number of pyridine rings is 1. The fourth-order valence-corrected chi connectivity index (χ4v) is 2.30. The molecule has 4 heteroatoms. The quantitative estimate of drug-likeness (QED) is 0.854. The number of ether oxygens (including phenoxy) is 1. The molecule has 1 saturated heterocycles. The predicted molar refractivity (Wildman–Crippen MR) is 70.6 cm³/mol. The molecular weight excluding hydrogens is 226 g/mol. The number of nitrogens with zero attached hydrogens (tertiary/aromatic N) is 2. The Hall–Kier alpha value is -1.13. The molecule has 1 aliphatic carbocycles. The van der Waals surface area contributed by atoms with E-state index < -0.39 is 0 Å². The van der Waals surface area contributed by atoms with Gasteiger partial charge in [-0.1, -0.05) is 6.07 Å². The molecule has 1 aromatic rings. The molecule has 98 valence electrons. The van der Waals surface area contributed by atoms with E-state index in [1.165, 1.54) is 18.4 Å². The third-order valence-electron chi connectivity index (χ3n) is 3.61. The Morgan fingerprint density at radius 3 is 2.89 bits per heavy atom. The highest BCUT2D eigenvalue weighted by Gasteiger charge is 2.21. The second-order valence-electron chi connectivity index (χ2n) is 5.45. The highest BCUT2D eigenvalue weighted by Crippen LogP contribution is 2.20. The SMILES string of the molecule is CN1CCC(Oc2ccc(CNC3CC3)cn2)C1. The Labute approximate surface area is 108 Å². The van der Waals surface area contributed by atoms with Crippen molar-refractivity contribution < 1.29 is 4.74 Å². The maximum absolute atomic E-state index is 5.87. The molecule has 1 aliphatic heterocycles. The van der Waals surface area contributed by atoms with Crippen molar-refractivity contribution in [2.45, 2.75) is 38.0 Å². The smallest absolute Gasteiger partial charge is 0.213 e. The van der Waals surface area contributed by atoms with Gasteiger partial charge in [-0.15, -0.1) is 0 Å². The fraction of sp³-hybridized carbons (Fsp3) is 0.643. The Morgan fingerprint density at radius 1 is 1.39 bits per heavy atom. The van der Waals surface area contributed by atoms with Gasteiger partial charge in [0.15, 0.2) is 0 Å². The van der Waals surface area contributed by atoms with Crippen molar-refractivity contribution in [2.75, 3.05) is 20.1 Å². The van der Waals surface area contributed by atoms with Crippen LogP contribution in [0.15, 0.2) is 18.3 Å². The second kappa shape index (κ2) is 5.24. The minimum atomic E-state index is 0.304. The van der Waals surface area contributed by atoms with Crippen molar-refractivity contribution in [3.05, 3.63) is 23.9 Å². The number of hydrogen-bond donors (Lipinski definition) is 1. The maximum Gasteiger partial charge on any atom is 0.213 e. The van der Waals surface area contributed by atoms with Gasteiger partial charge in [-0.2, -0.15) is 0 Å². The van der Waals surface area contributed by atoms with Gasteiger partial charge in [0.2, 0.25) is 5.88 Å². The Balaban J connectivity index is 1.50. The molecule has 1 saturated carbocycles. The molecule has 0 spiro atoms. The number of rotatable bonds is 5. The Kier molecular flexibility index (Phi) is 3.48. The van der Waals surface area contributed by atoms with Gasteiger partial charge < -0.3 is 15.0 Å². The summed E-state index contributed by atoms with van der Waals surface area (Å²) in [7, 11) is 2.13. The first-order valence-electron chi connectivity index (χ1n) is 6.83. The number of likely N-dealkylation sites (tertiary alicyclic amines) is 1. The summed E-state index contributed by atoms with van der Waals surface area (Å²) in [5.74, 6) is 0.755. The minimum Gasteiger partial charge on any atom is -0.473 e. The molecule has 4 nitrogen and oxygen atoms in total. The van der Waals surface area contributed by atoms with Crippen LogP contribution in [0.4, 0.5) is 0 Å². The van der Waals surface area contributed by atoms with Crippen LogP contribution in [0.3, 0.4) is 0 Å². The molecule has 2 fully saturated rings. The van der Waals surface area contributed by atoms with Crippen LogP contribution in [-0.2, 0) is 6.54 Å².